The molecular formula is C21H21FN4O3S. The Morgan fingerprint density at radius 1 is 1.23 bits per heavy atom. The van der Waals surface area contributed by atoms with E-state index in [9.17, 15) is 19.1 Å². The number of halogens is 1. The Balaban J connectivity index is 1.72. The number of hydrogen-bond acceptors (Lipinski definition) is 6. The Bertz CT molecular complexity index is 1170. The third-order valence-electron chi connectivity index (χ3n) is 5.20. The second-order valence-corrected chi connectivity index (χ2v) is 8.74. The van der Waals surface area contributed by atoms with Gasteiger partial charge in [0.2, 0.25) is 5.43 Å². The van der Waals surface area contributed by atoms with Crippen molar-refractivity contribution in [3.8, 4) is 16.3 Å². The van der Waals surface area contributed by atoms with Gasteiger partial charge in [-0.2, -0.15) is 0 Å². The third-order valence-corrected chi connectivity index (χ3v) is 6.16. The first-order valence-corrected chi connectivity index (χ1v) is 10.4. The lowest BCUT2D eigenvalue weighted by atomic mass is 10.1. The molecule has 1 atom stereocenters. The largest absolute Gasteiger partial charge is 0.503 e. The lowest BCUT2D eigenvalue weighted by Gasteiger charge is -2.37. The standard InChI is InChI=1S/C21H21FN4O3S/c1-11(2)25-9-12(3)26-10-15(18(27)19(28)17(26)21(25)29)20-24-23-16(30-20)8-13-4-6-14(22)7-5-13/h4-7,10-12,28H,8-9H2,1-3H3/t12-/m0/s1. The van der Waals surface area contributed by atoms with E-state index in [0.717, 1.165) is 5.56 Å². The number of amides is 1. The van der Waals surface area contributed by atoms with Crippen LogP contribution in [0.3, 0.4) is 0 Å². The van der Waals surface area contributed by atoms with Gasteiger partial charge in [-0.05, 0) is 38.5 Å². The van der Waals surface area contributed by atoms with E-state index < -0.39 is 11.2 Å². The van der Waals surface area contributed by atoms with Crippen molar-refractivity contribution in [2.45, 2.75) is 39.3 Å². The molecule has 3 aromatic rings. The van der Waals surface area contributed by atoms with Crippen LogP contribution >= 0.6 is 11.3 Å². The minimum atomic E-state index is -0.642. The molecule has 0 bridgehead atoms. The van der Waals surface area contributed by atoms with E-state index in [1.54, 1.807) is 27.8 Å². The van der Waals surface area contributed by atoms with Gasteiger partial charge in [0.25, 0.3) is 5.91 Å². The molecule has 0 aliphatic carbocycles. The predicted octanol–water partition coefficient (Wildman–Crippen LogP) is 3.23. The number of carbonyl (C=O) groups is 1. The van der Waals surface area contributed by atoms with E-state index in [4.69, 9.17) is 0 Å². The lowest BCUT2D eigenvalue weighted by molar-refractivity contribution is 0.0608. The monoisotopic (exact) mass is 428 g/mol. The van der Waals surface area contributed by atoms with E-state index in [-0.39, 0.29) is 35.1 Å². The molecule has 0 fully saturated rings. The Kier molecular flexibility index (Phi) is 5.15. The van der Waals surface area contributed by atoms with Gasteiger partial charge in [-0.25, -0.2) is 4.39 Å². The van der Waals surface area contributed by atoms with Crippen molar-refractivity contribution in [1.82, 2.24) is 19.7 Å². The summed E-state index contributed by atoms with van der Waals surface area (Å²) in [6, 6.07) is 5.94. The van der Waals surface area contributed by atoms with Gasteiger partial charge < -0.3 is 14.6 Å². The van der Waals surface area contributed by atoms with Crippen molar-refractivity contribution in [2.75, 3.05) is 6.54 Å². The van der Waals surface area contributed by atoms with E-state index in [2.05, 4.69) is 10.2 Å². The molecule has 0 unspecified atom stereocenters. The minimum absolute atomic E-state index is 0.00671. The molecule has 0 radical (unpaired) electrons. The number of pyridine rings is 1. The van der Waals surface area contributed by atoms with Crippen molar-refractivity contribution < 1.29 is 14.3 Å². The molecule has 0 saturated carbocycles. The van der Waals surface area contributed by atoms with E-state index >= 15 is 0 Å². The molecule has 4 rings (SSSR count). The molecule has 30 heavy (non-hydrogen) atoms. The molecule has 1 amide bonds. The lowest BCUT2D eigenvalue weighted by Crippen LogP contribution is -2.46. The van der Waals surface area contributed by atoms with E-state index in [1.807, 2.05) is 20.8 Å². The molecule has 156 valence electrons. The molecule has 0 spiro atoms. The fourth-order valence-electron chi connectivity index (χ4n) is 3.58. The Morgan fingerprint density at radius 3 is 2.60 bits per heavy atom. The summed E-state index contributed by atoms with van der Waals surface area (Å²) < 4.78 is 14.7. The van der Waals surface area contributed by atoms with Crippen LogP contribution in [0.1, 0.15) is 47.9 Å². The highest BCUT2D eigenvalue weighted by Crippen LogP contribution is 2.31. The molecule has 1 aliphatic rings. The van der Waals surface area contributed by atoms with Crippen LogP contribution in [0, 0.1) is 5.82 Å². The van der Waals surface area contributed by atoms with Gasteiger partial charge in [-0.3, -0.25) is 9.59 Å². The molecular weight excluding hydrogens is 407 g/mol. The van der Waals surface area contributed by atoms with Gasteiger partial charge in [0.15, 0.2) is 16.5 Å². The van der Waals surface area contributed by atoms with Crippen LogP contribution < -0.4 is 5.43 Å². The van der Waals surface area contributed by atoms with Crippen molar-refractivity contribution in [2.24, 2.45) is 0 Å². The average Bonchev–Trinajstić information content (AvgIpc) is 3.16. The molecule has 1 aliphatic heterocycles. The maximum absolute atomic E-state index is 13.1. The summed E-state index contributed by atoms with van der Waals surface area (Å²) in [5.41, 5.74) is 0.443. The average molecular weight is 428 g/mol. The van der Waals surface area contributed by atoms with Crippen LogP contribution in [0.25, 0.3) is 10.6 Å². The molecule has 7 nitrogen and oxygen atoms in total. The third kappa shape index (κ3) is 3.49. The van der Waals surface area contributed by atoms with Crippen LogP contribution in [0.4, 0.5) is 4.39 Å². The normalized spacial score (nSPS) is 16.2. The number of aromatic nitrogens is 3. The summed E-state index contributed by atoms with van der Waals surface area (Å²) in [5.74, 6) is -1.24. The number of nitrogens with zero attached hydrogens (tertiary/aromatic N) is 4. The van der Waals surface area contributed by atoms with Crippen LogP contribution in [-0.2, 0) is 6.42 Å². The highest BCUT2D eigenvalue weighted by atomic mass is 32.1. The van der Waals surface area contributed by atoms with E-state index in [1.165, 1.54) is 23.5 Å². The summed E-state index contributed by atoms with van der Waals surface area (Å²) in [4.78, 5) is 27.3. The minimum Gasteiger partial charge on any atom is -0.503 e. The molecule has 3 heterocycles. The van der Waals surface area contributed by atoms with Crippen molar-refractivity contribution in [3.63, 3.8) is 0 Å². The molecule has 1 aromatic carbocycles. The van der Waals surface area contributed by atoms with Crippen LogP contribution in [0.2, 0.25) is 0 Å². The number of fused-ring (bicyclic) bond motifs is 1. The zero-order valence-corrected chi connectivity index (χ0v) is 17.6. The van der Waals surface area contributed by atoms with Crippen LogP contribution in [-0.4, -0.2) is 43.3 Å². The number of rotatable bonds is 4. The second kappa shape index (κ2) is 7.64. The van der Waals surface area contributed by atoms with E-state index in [0.29, 0.717) is 23.0 Å². The smallest absolute Gasteiger partial charge is 0.274 e. The van der Waals surface area contributed by atoms with Crippen LogP contribution in [0.5, 0.6) is 5.75 Å². The number of carbonyl (C=O) groups excluding carboxylic acids is 1. The number of hydrogen-bond donors (Lipinski definition) is 1. The van der Waals surface area contributed by atoms with Crippen molar-refractivity contribution in [1.29, 1.82) is 0 Å². The summed E-state index contributed by atoms with van der Waals surface area (Å²) in [6.45, 7) is 6.21. The zero-order chi connectivity index (χ0) is 21.6. The maximum Gasteiger partial charge on any atom is 0.274 e. The van der Waals surface area contributed by atoms with Gasteiger partial charge in [0.05, 0.1) is 5.56 Å². The van der Waals surface area contributed by atoms with Gasteiger partial charge >= 0.3 is 0 Å². The fraction of sp³-hybridized carbons (Fsp3) is 0.333. The Hall–Kier alpha value is -3.07. The van der Waals surface area contributed by atoms with Crippen LogP contribution in [0.15, 0.2) is 35.3 Å². The first-order chi connectivity index (χ1) is 14.3. The Labute approximate surface area is 176 Å². The molecule has 2 aromatic heterocycles. The second-order valence-electron chi connectivity index (χ2n) is 7.68. The van der Waals surface area contributed by atoms with Gasteiger partial charge in [0, 0.05) is 31.2 Å². The summed E-state index contributed by atoms with van der Waals surface area (Å²) >= 11 is 1.23. The van der Waals surface area contributed by atoms with Gasteiger partial charge in [0.1, 0.15) is 10.8 Å². The topological polar surface area (TPSA) is 88.3 Å². The summed E-state index contributed by atoms with van der Waals surface area (Å²) in [5, 5.41) is 19.9. The molecule has 0 saturated heterocycles. The molecule has 1 N–H and O–H groups in total. The predicted molar refractivity (Wildman–Crippen MR) is 111 cm³/mol. The number of benzene rings is 1. The van der Waals surface area contributed by atoms with Gasteiger partial charge in [-0.1, -0.05) is 23.5 Å². The molecule has 9 heteroatoms. The first-order valence-electron chi connectivity index (χ1n) is 9.62. The zero-order valence-electron chi connectivity index (χ0n) is 16.8. The van der Waals surface area contributed by atoms with Crippen molar-refractivity contribution >= 4 is 17.2 Å². The summed E-state index contributed by atoms with van der Waals surface area (Å²) in [7, 11) is 0. The maximum atomic E-state index is 13.1. The number of aromatic hydroxyl groups is 1. The first kappa shape index (κ1) is 20.2. The fourth-order valence-corrected chi connectivity index (χ4v) is 4.46. The summed E-state index contributed by atoms with van der Waals surface area (Å²) in [6.07, 6.45) is 2.04. The van der Waals surface area contributed by atoms with Crippen molar-refractivity contribution in [3.05, 3.63) is 62.8 Å². The SMILES string of the molecule is CC(C)N1C[C@H](C)n2cc(-c3nnc(Cc4ccc(F)cc4)s3)c(=O)c(O)c2C1=O. The quantitative estimate of drug-likeness (QED) is 0.689. The highest BCUT2D eigenvalue weighted by molar-refractivity contribution is 7.14. The van der Waals surface area contributed by atoms with Gasteiger partial charge in [-0.15, -0.1) is 10.2 Å². The Morgan fingerprint density at radius 2 is 1.93 bits per heavy atom. The highest BCUT2D eigenvalue weighted by Gasteiger charge is 2.34.